The highest BCUT2D eigenvalue weighted by molar-refractivity contribution is 7.19. The zero-order valence-electron chi connectivity index (χ0n) is 11.8. The Morgan fingerprint density at radius 2 is 2.40 bits per heavy atom. The van der Waals surface area contributed by atoms with Crippen LogP contribution in [0.3, 0.4) is 0 Å². The van der Waals surface area contributed by atoms with Crippen LogP contribution in [-0.2, 0) is 4.74 Å². The summed E-state index contributed by atoms with van der Waals surface area (Å²) in [5, 5.41) is 10.0. The van der Waals surface area contributed by atoms with Crippen LogP contribution in [0, 0.1) is 17.2 Å². The van der Waals surface area contributed by atoms with Gasteiger partial charge in [-0.2, -0.15) is 5.26 Å². The van der Waals surface area contributed by atoms with Crippen LogP contribution in [0.1, 0.15) is 35.0 Å². The molecule has 108 valence electrons. The second-order valence-electron chi connectivity index (χ2n) is 5.16. The number of rotatable bonds is 4. The van der Waals surface area contributed by atoms with E-state index in [2.05, 4.69) is 6.07 Å². The van der Waals surface area contributed by atoms with Crippen molar-refractivity contribution in [1.82, 2.24) is 0 Å². The van der Waals surface area contributed by atoms with Crippen LogP contribution in [0.15, 0.2) is 0 Å². The lowest BCUT2D eigenvalue weighted by Gasteiger charge is -2.27. The molecule has 0 aromatic carbocycles. The molecule has 1 aromatic heterocycles. The fraction of sp³-hybridized carbons (Fsp3) is 0.571. The maximum Gasteiger partial charge on any atom is 0.171 e. The van der Waals surface area contributed by atoms with E-state index in [1.165, 1.54) is 18.3 Å². The molecule has 1 aliphatic rings. The number of ketones is 1. The van der Waals surface area contributed by atoms with Crippen LogP contribution in [0.2, 0.25) is 0 Å². The quantitative estimate of drug-likeness (QED) is 0.861. The van der Waals surface area contributed by atoms with E-state index in [-0.39, 0.29) is 5.78 Å². The highest BCUT2D eigenvalue weighted by Gasteiger charge is 2.23. The molecule has 1 fully saturated rings. The highest BCUT2D eigenvalue weighted by Crippen LogP contribution is 2.38. The fourth-order valence-electron chi connectivity index (χ4n) is 2.49. The van der Waals surface area contributed by atoms with Gasteiger partial charge in [0, 0.05) is 27.1 Å². The number of nitrogen functional groups attached to an aromatic ring is 1. The zero-order valence-corrected chi connectivity index (χ0v) is 12.6. The first kappa shape index (κ1) is 14.8. The smallest absolute Gasteiger partial charge is 0.171 e. The fourth-order valence-corrected chi connectivity index (χ4v) is 3.53. The molecule has 1 aliphatic heterocycles. The third-order valence-corrected chi connectivity index (χ3v) is 4.91. The number of Topliss-reactive ketones (excluding diaryl/α,β-unsaturated/α-hetero) is 1. The number of nitriles is 1. The predicted octanol–water partition coefficient (Wildman–Crippen LogP) is 2.27. The van der Waals surface area contributed by atoms with Crippen LogP contribution >= 0.6 is 11.3 Å². The van der Waals surface area contributed by atoms with E-state index in [1.807, 2.05) is 11.9 Å². The van der Waals surface area contributed by atoms with Gasteiger partial charge in [-0.15, -0.1) is 11.3 Å². The molecule has 0 saturated carbocycles. The minimum Gasteiger partial charge on any atom is -0.396 e. The number of carbonyl (C=O) groups excluding carboxylic acids is 1. The highest BCUT2D eigenvalue weighted by atomic mass is 32.1. The van der Waals surface area contributed by atoms with Gasteiger partial charge in [0.25, 0.3) is 0 Å². The van der Waals surface area contributed by atoms with Gasteiger partial charge in [-0.25, -0.2) is 0 Å². The standard InChI is InChI=1S/C14H19N3O2S/c1-9(18)13-12(16)11(6-15)14(20-13)17(2)7-10-4-3-5-19-8-10/h10H,3-5,7-8,16H2,1-2H3. The summed E-state index contributed by atoms with van der Waals surface area (Å²) >= 11 is 1.30. The van der Waals surface area contributed by atoms with Gasteiger partial charge >= 0.3 is 0 Å². The third kappa shape index (κ3) is 2.94. The number of carbonyl (C=O) groups is 1. The summed E-state index contributed by atoms with van der Waals surface area (Å²) in [5.74, 6) is 0.369. The summed E-state index contributed by atoms with van der Waals surface area (Å²) in [6.45, 7) is 3.88. The minimum absolute atomic E-state index is 0.0929. The summed E-state index contributed by atoms with van der Waals surface area (Å²) < 4.78 is 5.48. The minimum atomic E-state index is -0.0929. The number of hydrogen-bond acceptors (Lipinski definition) is 6. The zero-order chi connectivity index (χ0) is 14.7. The van der Waals surface area contributed by atoms with Crippen LogP contribution in [-0.4, -0.2) is 32.6 Å². The maximum atomic E-state index is 11.5. The van der Waals surface area contributed by atoms with E-state index in [4.69, 9.17) is 10.5 Å². The Kier molecular flexibility index (Phi) is 4.63. The molecule has 1 aromatic rings. The lowest BCUT2D eigenvalue weighted by atomic mass is 10.0. The van der Waals surface area contributed by atoms with Crippen molar-refractivity contribution in [3.05, 3.63) is 10.4 Å². The first-order chi connectivity index (χ1) is 9.54. The summed E-state index contributed by atoms with van der Waals surface area (Å²) in [6.07, 6.45) is 2.21. The molecule has 0 bridgehead atoms. The van der Waals surface area contributed by atoms with Gasteiger partial charge < -0.3 is 15.4 Å². The van der Waals surface area contributed by atoms with Crippen LogP contribution in [0.4, 0.5) is 10.7 Å². The Morgan fingerprint density at radius 3 is 2.95 bits per heavy atom. The van der Waals surface area contributed by atoms with E-state index < -0.39 is 0 Å². The van der Waals surface area contributed by atoms with Gasteiger partial charge in [-0.3, -0.25) is 4.79 Å². The van der Waals surface area contributed by atoms with Gasteiger partial charge in [-0.05, 0) is 18.8 Å². The van der Waals surface area contributed by atoms with E-state index in [0.29, 0.717) is 22.0 Å². The van der Waals surface area contributed by atoms with E-state index >= 15 is 0 Å². The van der Waals surface area contributed by atoms with Gasteiger partial charge in [0.05, 0.1) is 17.2 Å². The molecule has 1 unspecified atom stereocenters. The summed E-state index contributed by atoms with van der Waals surface area (Å²) in [4.78, 5) is 14.0. The topological polar surface area (TPSA) is 79.3 Å². The molecule has 1 atom stereocenters. The van der Waals surface area contributed by atoms with Crippen molar-refractivity contribution in [2.45, 2.75) is 19.8 Å². The second-order valence-corrected chi connectivity index (χ2v) is 6.16. The van der Waals surface area contributed by atoms with Crippen molar-refractivity contribution in [3.8, 4) is 6.07 Å². The Morgan fingerprint density at radius 1 is 1.65 bits per heavy atom. The largest absolute Gasteiger partial charge is 0.396 e. The van der Waals surface area contributed by atoms with Crippen molar-refractivity contribution in [2.75, 3.05) is 37.4 Å². The number of anilines is 2. The normalized spacial score (nSPS) is 18.6. The number of hydrogen-bond donors (Lipinski definition) is 1. The molecule has 1 saturated heterocycles. The average Bonchev–Trinajstić information content (AvgIpc) is 2.77. The Balaban J connectivity index is 2.20. The second kappa shape index (κ2) is 6.25. The number of ether oxygens (including phenoxy) is 1. The van der Waals surface area contributed by atoms with Crippen LogP contribution < -0.4 is 10.6 Å². The molecular weight excluding hydrogens is 274 g/mol. The predicted molar refractivity (Wildman–Crippen MR) is 80.3 cm³/mol. The lowest BCUT2D eigenvalue weighted by Crippen LogP contribution is -2.30. The molecule has 6 heteroatoms. The van der Waals surface area contributed by atoms with Crippen molar-refractivity contribution < 1.29 is 9.53 Å². The molecule has 0 spiro atoms. The van der Waals surface area contributed by atoms with E-state index in [9.17, 15) is 10.1 Å². The lowest BCUT2D eigenvalue weighted by molar-refractivity contribution is 0.0577. The first-order valence-corrected chi connectivity index (χ1v) is 7.48. The Labute approximate surface area is 122 Å². The van der Waals surface area contributed by atoms with Gasteiger partial charge in [0.1, 0.15) is 16.6 Å². The number of nitrogens with zero attached hydrogens (tertiary/aromatic N) is 2. The molecule has 2 rings (SSSR count). The van der Waals surface area contributed by atoms with Crippen LogP contribution in [0.25, 0.3) is 0 Å². The SMILES string of the molecule is CC(=O)c1sc(N(C)CC2CCCOC2)c(C#N)c1N. The van der Waals surface area contributed by atoms with Crippen molar-refractivity contribution in [3.63, 3.8) is 0 Å². The molecule has 2 N–H and O–H groups in total. The molecular formula is C14H19N3O2S. The van der Waals surface area contributed by atoms with Crippen molar-refractivity contribution >= 4 is 27.8 Å². The Bertz CT molecular complexity index is 541. The molecule has 0 aliphatic carbocycles. The molecule has 0 amide bonds. The van der Waals surface area contributed by atoms with E-state index in [0.717, 1.165) is 37.6 Å². The average molecular weight is 293 g/mol. The monoisotopic (exact) mass is 293 g/mol. The molecule has 0 radical (unpaired) electrons. The summed E-state index contributed by atoms with van der Waals surface area (Å²) in [7, 11) is 1.94. The summed E-state index contributed by atoms with van der Waals surface area (Å²) in [6, 6.07) is 2.12. The molecule has 5 nitrogen and oxygen atoms in total. The molecule has 2 heterocycles. The van der Waals surface area contributed by atoms with Crippen molar-refractivity contribution in [1.29, 1.82) is 5.26 Å². The van der Waals surface area contributed by atoms with Gasteiger partial charge in [0.15, 0.2) is 5.78 Å². The Hall–Kier alpha value is -1.58. The maximum absolute atomic E-state index is 11.5. The van der Waals surface area contributed by atoms with Gasteiger partial charge in [0.2, 0.25) is 0 Å². The van der Waals surface area contributed by atoms with Crippen LogP contribution in [0.5, 0.6) is 0 Å². The van der Waals surface area contributed by atoms with Gasteiger partial charge in [-0.1, -0.05) is 0 Å². The third-order valence-electron chi connectivity index (χ3n) is 3.49. The van der Waals surface area contributed by atoms with Crippen molar-refractivity contribution in [2.24, 2.45) is 5.92 Å². The molecule has 20 heavy (non-hydrogen) atoms. The number of thiophene rings is 1. The summed E-state index contributed by atoms with van der Waals surface area (Å²) in [5.41, 5.74) is 6.63. The number of nitrogens with two attached hydrogens (primary N) is 1. The first-order valence-electron chi connectivity index (χ1n) is 6.66. The van der Waals surface area contributed by atoms with E-state index in [1.54, 1.807) is 0 Å².